The predicted molar refractivity (Wildman–Crippen MR) is 40.7 cm³/mol. The Morgan fingerprint density at radius 2 is 2.21 bits per heavy atom. The van der Waals surface area contributed by atoms with E-state index in [1.165, 1.54) is 18.4 Å². The Bertz CT molecular complexity index is 339. The van der Waals surface area contributed by atoms with Crippen molar-refractivity contribution in [1.82, 2.24) is 0 Å². The lowest BCUT2D eigenvalue weighted by Crippen LogP contribution is -2.15. The standard InChI is InChI=1S/C9H7F3O2/c10-9(11,12)6-4-5(6)8(13)7-2-1-3-14-7/h1-3,5-6H,4H2. The molecule has 14 heavy (non-hydrogen) atoms. The summed E-state index contributed by atoms with van der Waals surface area (Å²) in [6, 6.07) is 2.87. The molecule has 2 atom stereocenters. The van der Waals surface area contributed by atoms with E-state index in [1.54, 1.807) is 0 Å². The molecule has 2 nitrogen and oxygen atoms in total. The average Bonchev–Trinajstić information content (AvgIpc) is 2.72. The van der Waals surface area contributed by atoms with Crippen LogP contribution in [0.15, 0.2) is 22.8 Å². The maximum atomic E-state index is 12.1. The molecule has 0 saturated heterocycles. The van der Waals surface area contributed by atoms with Crippen LogP contribution >= 0.6 is 0 Å². The molecule has 1 saturated carbocycles. The minimum absolute atomic E-state index is 0.0155. The van der Waals surface area contributed by atoms with Gasteiger partial charge in [0.1, 0.15) is 0 Å². The second-order valence-corrected chi connectivity index (χ2v) is 3.33. The highest BCUT2D eigenvalue weighted by molar-refractivity contribution is 5.97. The van der Waals surface area contributed by atoms with Gasteiger partial charge in [-0.3, -0.25) is 4.79 Å². The SMILES string of the molecule is O=C(c1ccco1)C1CC1C(F)(F)F. The van der Waals surface area contributed by atoms with E-state index in [2.05, 4.69) is 0 Å². The lowest BCUT2D eigenvalue weighted by molar-refractivity contribution is -0.149. The third-order valence-corrected chi connectivity index (χ3v) is 2.31. The Labute approximate surface area is 77.7 Å². The van der Waals surface area contributed by atoms with Gasteiger partial charge in [-0.25, -0.2) is 0 Å². The molecular formula is C9H7F3O2. The predicted octanol–water partition coefficient (Wildman–Crippen LogP) is 2.66. The van der Waals surface area contributed by atoms with Crippen molar-refractivity contribution in [3.8, 4) is 0 Å². The van der Waals surface area contributed by atoms with Crippen molar-refractivity contribution >= 4 is 5.78 Å². The number of hydrogen-bond donors (Lipinski definition) is 0. The summed E-state index contributed by atoms with van der Waals surface area (Å²) in [7, 11) is 0. The van der Waals surface area contributed by atoms with E-state index in [1.807, 2.05) is 0 Å². The molecule has 0 radical (unpaired) electrons. The second-order valence-electron chi connectivity index (χ2n) is 3.33. The van der Waals surface area contributed by atoms with Crippen LogP contribution in [0.4, 0.5) is 13.2 Å². The van der Waals surface area contributed by atoms with Gasteiger partial charge in [-0.2, -0.15) is 13.2 Å². The van der Waals surface area contributed by atoms with Crippen LogP contribution in [0.1, 0.15) is 17.0 Å². The summed E-state index contributed by atoms with van der Waals surface area (Å²) < 4.78 is 41.1. The van der Waals surface area contributed by atoms with Crippen LogP contribution in [-0.4, -0.2) is 12.0 Å². The fourth-order valence-electron chi connectivity index (χ4n) is 1.45. The summed E-state index contributed by atoms with van der Waals surface area (Å²) in [6.07, 6.45) is -3.09. The smallest absolute Gasteiger partial charge is 0.392 e. The van der Waals surface area contributed by atoms with E-state index >= 15 is 0 Å². The van der Waals surface area contributed by atoms with Gasteiger partial charge >= 0.3 is 6.18 Å². The van der Waals surface area contributed by atoms with Gasteiger partial charge in [0, 0.05) is 5.92 Å². The molecule has 1 aliphatic rings. The Hall–Kier alpha value is -1.26. The molecule has 76 valence electrons. The monoisotopic (exact) mass is 204 g/mol. The molecule has 1 aromatic rings. The first-order valence-corrected chi connectivity index (χ1v) is 4.14. The minimum atomic E-state index is -4.26. The van der Waals surface area contributed by atoms with E-state index in [4.69, 9.17) is 4.42 Å². The molecule has 1 heterocycles. The second kappa shape index (κ2) is 2.87. The molecule has 1 aromatic heterocycles. The molecule has 1 fully saturated rings. The fraction of sp³-hybridized carbons (Fsp3) is 0.444. The Morgan fingerprint density at radius 3 is 2.64 bits per heavy atom. The zero-order chi connectivity index (χ0) is 10.3. The molecule has 2 unspecified atom stereocenters. The van der Waals surface area contributed by atoms with Crippen LogP contribution in [0.5, 0.6) is 0 Å². The molecule has 2 rings (SSSR count). The first-order chi connectivity index (χ1) is 6.50. The van der Waals surface area contributed by atoms with Gasteiger partial charge in [-0.1, -0.05) is 0 Å². The Kier molecular flexibility index (Phi) is 1.90. The topological polar surface area (TPSA) is 30.2 Å². The molecule has 0 bridgehead atoms. The van der Waals surface area contributed by atoms with Crippen molar-refractivity contribution in [2.24, 2.45) is 11.8 Å². The van der Waals surface area contributed by atoms with Crippen LogP contribution in [0.2, 0.25) is 0 Å². The third-order valence-electron chi connectivity index (χ3n) is 2.31. The summed E-state index contributed by atoms with van der Waals surface area (Å²) in [4.78, 5) is 11.3. The van der Waals surface area contributed by atoms with Crippen LogP contribution in [0.25, 0.3) is 0 Å². The van der Waals surface area contributed by atoms with Gasteiger partial charge in [0.05, 0.1) is 12.2 Å². The summed E-state index contributed by atoms with van der Waals surface area (Å²) in [5.41, 5.74) is 0. The molecule has 0 spiro atoms. The first-order valence-electron chi connectivity index (χ1n) is 4.14. The highest BCUT2D eigenvalue weighted by Crippen LogP contribution is 2.51. The molecule has 0 amide bonds. The van der Waals surface area contributed by atoms with Gasteiger partial charge in [-0.15, -0.1) is 0 Å². The van der Waals surface area contributed by atoms with E-state index in [0.29, 0.717) is 0 Å². The van der Waals surface area contributed by atoms with Crippen LogP contribution < -0.4 is 0 Å². The number of rotatable bonds is 2. The Balaban J connectivity index is 2.04. The van der Waals surface area contributed by atoms with Crippen LogP contribution in [-0.2, 0) is 0 Å². The maximum Gasteiger partial charge on any atom is 0.392 e. The zero-order valence-corrected chi connectivity index (χ0v) is 7.04. The molecule has 0 N–H and O–H groups in total. The van der Waals surface area contributed by atoms with Crippen LogP contribution in [0.3, 0.4) is 0 Å². The molecule has 5 heteroatoms. The van der Waals surface area contributed by atoms with Crippen molar-refractivity contribution in [2.45, 2.75) is 12.6 Å². The van der Waals surface area contributed by atoms with Crippen molar-refractivity contribution in [3.63, 3.8) is 0 Å². The quantitative estimate of drug-likeness (QED) is 0.693. The highest BCUT2D eigenvalue weighted by Gasteiger charge is 2.59. The first kappa shape index (κ1) is 9.30. The number of furan rings is 1. The molecule has 1 aliphatic carbocycles. The number of carbonyl (C=O) groups excluding carboxylic acids is 1. The Morgan fingerprint density at radius 1 is 1.50 bits per heavy atom. The van der Waals surface area contributed by atoms with Crippen molar-refractivity contribution < 1.29 is 22.4 Å². The number of Topliss-reactive ketones (excluding diaryl/α,β-unsaturated/α-hetero) is 1. The van der Waals surface area contributed by atoms with Gasteiger partial charge in [0.2, 0.25) is 5.78 Å². The number of hydrogen-bond acceptors (Lipinski definition) is 2. The van der Waals surface area contributed by atoms with Gasteiger partial charge in [-0.05, 0) is 18.6 Å². The summed E-state index contributed by atoms with van der Waals surface area (Å²) in [5, 5.41) is 0. The zero-order valence-electron chi connectivity index (χ0n) is 7.04. The lowest BCUT2D eigenvalue weighted by Gasteiger charge is -2.03. The lowest BCUT2D eigenvalue weighted by atomic mass is 10.2. The van der Waals surface area contributed by atoms with Crippen LogP contribution in [0, 0.1) is 11.8 Å². The summed E-state index contributed by atoms with van der Waals surface area (Å²) in [5.74, 6) is -2.93. The number of alkyl halides is 3. The van der Waals surface area contributed by atoms with Crippen molar-refractivity contribution in [1.29, 1.82) is 0 Å². The molecule has 0 aromatic carbocycles. The maximum absolute atomic E-state index is 12.1. The van der Waals surface area contributed by atoms with Gasteiger partial charge in [0.15, 0.2) is 5.76 Å². The normalized spacial score (nSPS) is 26.2. The highest BCUT2D eigenvalue weighted by atomic mass is 19.4. The summed E-state index contributed by atoms with van der Waals surface area (Å²) in [6.45, 7) is 0. The van der Waals surface area contributed by atoms with Gasteiger partial charge < -0.3 is 4.42 Å². The minimum Gasteiger partial charge on any atom is -0.461 e. The molecule has 0 aliphatic heterocycles. The van der Waals surface area contributed by atoms with E-state index < -0.39 is 23.8 Å². The van der Waals surface area contributed by atoms with E-state index in [0.717, 1.165) is 0 Å². The van der Waals surface area contributed by atoms with Gasteiger partial charge in [0.25, 0.3) is 0 Å². The fourth-order valence-corrected chi connectivity index (χ4v) is 1.45. The number of ketones is 1. The van der Waals surface area contributed by atoms with Crippen molar-refractivity contribution in [3.05, 3.63) is 24.2 Å². The van der Waals surface area contributed by atoms with E-state index in [-0.39, 0.29) is 12.2 Å². The third kappa shape index (κ3) is 1.54. The number of halogens is 3. The number of carbonyl (C=O) groups is 1. The largest absolute Gasteiger partial charge is 0.461 e. The van der Waals surface area contributed by atoms with E-state index in [9.17, 15) is 18.0 Å². The molecular weight excluding hydrogens is 197 g/mol. The van der Waals surface area contributed by atoms with Crippen molar-refractivity contribution in [2.75, 3.05) is 0 Å². The average molecular weight is 204 g/mol. The summed E-state index contributed by atoms with van der Waals surface area (Å²) >= 11 is 0.